The molecular formula is C22H38IN7O2. The number of halogens is 1. The number of rotatable bonds is 12. The van der Waals surface area contributed by atoms with Crippen LogP contribution < -0.4 is 10.6 Å². The van der Waals surface area contributed by atoms with Crippen LogP contribution in [0.5, 0.6) is 0 Å². The van der Waals surface area contributed by atoms with Crippen LogP contribution in [0.1, 0.15) is 50.2 Å². The summed E-state index contributed by atoms with van der Waals surface area (Å²) in [6, 6.07) is 4.19. The fourth-order valence-corrected chi connectivity index (χ4v) is 3.91. The highest BCUT2D eigenvalue weighted by Gasteiger charge is 2.24. The molecule has 0 spiro atoms. The van der Waals surface area contributed by atoms with Crippen LogP contribution in [0.25, 0.3) is 0 Å². The summed E-state index contributed by atoms with van der Waals surface area (Å²) < 4.78 is 13.0. The number of piperidine rings is 1. The van der Waals surface area contributed by atoms with E-state index in [1.807, 2.05) is 6.07 Å². The second-order valence-corrected chi connectivity index (χ2v) is 7.81. The number of likely N-dealkylation sites (tertiary alicyclic amines) is 1. The fraction of sp³-hybridized carbons (Fsp3) is 0.682. The van der Waals surface area contributed by atoms with Crippen LogP contribution in [0.15, 0.2) is 34.1 Å². The summed E-state index contributed by atoms with van der Waals surface area (Å²) >= 11 is 0. The molecule has 2 N–H and O–H groups in total. The summed E-state index contributed by atoms with van der Waals surface area (Å²) in [5, 5.41) is 15.1. The zero-order valence-corrected chi connectivity index (χ0v) is 21.7. The number of aryl methyl sites for hydroxylation is 1. The molecule has 0 bridgehead atoms. The van der Waals surface area contributed by atoms with E-state index in [0.29, 0.717) is 6.54 Å². The minimum Gasteiger partial charge on any atom is -0.468 e. The third kappa shape index (κ3) is 8.36. The normalized spacial score (nSPS) is 15.9. The predicted molar refractivity (Wildman–Crippen MR) is 136 cm³/mol. The lowest BCUT2D eigenvalue weighted by atomic mass is 10.1. The smallest absolute Gasteiger partial charge is 0.191 e. The number of furan rings is 1. The lowest BCUT2D eigenvalue weighted by Gasteiger charge is -2.32. The van der Waals surface area contributed by atoms with Crippen molar-refractivity contribution in [1.82, 2.24) is 30.3 Å². The van der Waals surface area contributed by atoms with Crippen LogP contribution in [0, 0.1) is 0 Å². The van der Waals surface area contributed by atoms with Gasteiger partial charge in [0.05, 0.1) is 18.8 Å². The minimum atomic E-state index is 0. The Morgan fingerprint density at radius 1 is 1.25 bits per heavy atom. The highest BCUT2D eigenvalue weighted by Crippen LogP contribution is 2.25. The van der Waals surface area contributed by atoms with Gasteiger partial charge in [-0.2, -0.15) is 0 Å². The van der Waals surface area contributed by atoms with Crippen molar-refractivity contribution in [3.63, 3.8) is 0 Å². The molecule has 1 saturated heterocycles. The van der Waals surface area contributed by atoms with Crippen molar-refractivity contribution in [3.8, 4) is 0 Å². The Hall–Kier alpha value is -1.66. The van der Waals surface area contributed by atoms with Crippen LogP contribution >= 0.6 is 24.0 Å². The first-order valence-electron chi connectivity index (χ1n) is 11.5. The van der Waals surface area contributed by atoms with Crippen LogP contribution in [0.2, 0.25) is 0 Å². The molecule has 1 atom stereocenters. The van der Waals surface area contributed by atoms with Gasteiger partial charge in [-0.25, -0.2) is 0 Å². The van der Waals surface area contributed by atoms with E-state index in [4.69, 9.17) is 14.1 Å². The van der Waals surface area contributed by atoms with E-state index in [1.54, 1.807) is 19.7 Å². The van der Waals surface area contributed by atoms with E-state index in [9.17, 15) is 0 Å². The number of methoxy groups -OCH3 is 1. The molecule has 0 aromatic carbocycles. The number of aliphatic imine (C=N–C) groups is 1. The van der Waals surface area contributed by atoms with Crippen LogP contribution in [0.3, 0.4) is 0 Å². The van der Waals surface area contributed by atoms with E-state index in [1.165, 1.54) is 19.3 Å². The number of nitrogens with zero attached hydrogens (tertiary/aromatic N) is 5. The topological polar surface area (TPSA) is 92.7 Å². The van der Waals surface area contributed by atoms with Crippen molar-refractivity contribution in [1.29, 1.82) is 0 Å². The molecule has 1 aliphatic rings. The van der Waals surface area contributed by atoms with Gasteiger partial charge in [0.1, 0.15) is 17.9 Å². The largest absolute Gasteiger partial charge is 0.468 e. The van der Waals surface area contributed by atoms with Gasteiger partial charge in [0.15, 0.2) is 5.96 Å². The van der Waals surface area contributed by atoms with Crippen molar-refractivity contribution >= 4 is 29.9 Å². The maximum Gasteiger partial charge on any atom is 0.191 e. The van der Waals surface area contributed by atoms with Crippen molar-refractivity contribution in [3.05, 3.63) is 36.3 Å². The Bertz CT molecular complexity index is 760. The quantitative estimate of drug-likeness (QED) is 0.179. The van der Waals surface area contributed by atoms with Gasteiger partial charge < -0.3 is 24.4 Å². The zero-order valence-electron chi connectivity index (χ0n) is 19.3. The van der Waals surface area contributed by atoms with E-state index < -0.39 is 0 Å². The van der Waals surface area contributed by atoms with E-state index in [2.05, 4.69) is 43.3 Å². The molecular weight excluding hydrogens is 521 g/mol. The van der Waals surface area contributed by atoms with Crippen LogP contribution in [-0.2, 0) is 17.7 Å². The highest BCUT2D eigenvalue weighted by atomic mass is 127. The molecule has 10 heteroatoms. The Kier molecular flexibility index (Phi) is 12.7. The third-order valence-electron chi connectivity index (χ3n) is 5.60. The summed E-state index contributed by atoms with van der Waals surface area (Å²) in [5.74, 6) is 2.80. The second-order valence-electron chi connectivity index (χ2n) is 7.81. The molecule has 0 amide bonds. The average Bonchev–Trinajstić information content (AvgIpc) is 3.49. The van der Waals surface area contributed by atoms with Gasteiger partial charge in [0.2, 0.25) is 0 Å². The molecule has 2 aromatic rings. The molecule has 2 aromatic heterocycles. The Balaban J connectivity index is 0.00000363. The van der Waals surface area contributed by atoms with Crippen LogP contribution in [0.4, 0.5) is 0 Å². The SMILES string of the molecule is CCc1nncn1CCNC(=NCC(c1ccco1)N1CCCCC1)NCCCOC.I. The number of hydrogen-bond acceptors (Lipinski definition) is 6. The number of nitrogens with one attached hydrogen (secondary N) is 2. The van der Waals surface area contributed by atoms with Crippen molar-refractivity contribution in [2.24, 2.45) is 4.99 Å². The van der Waals surface area contributed by atoms with Crippen LogP contribution in [-0.4, -0.2) is 72.1 Å². The number of ether oxygens (including phenoxy) is 1. The molecule has 3 heterocycles. The predicted octanol–water partition coefficient (Wildman–Crippen LogP) is 2.85. The third-order valence-corrected chi connectivity index (χ3v) is 5.60. The van der Waals surface area contributed by atoms with E-state index in [-0.39, 0.29) is 30.0 Å². The van der Waals surface area contributed by atoms with Crippen molar-refractivity contribution in [2.75, 3.05) is 46.4 Å². The number of aromatic nitrogens is 3. The lowest BCUT2D eigenvalue weighted by Crippen LogP contribution is -2.41. The maximum atomic E-state index is 5.76. The van der Waals surface area contributed by atoms with Gasteiger partial charge in [-0.1, -0.05) is 13.3 Å². The summed E-state index contributed by atoms with van der Waals surface area (Å²) in [4.78, 5) is 7.42. The molecule has 0 saturated carbocycles. The Morgan fingerprint density at radius 2 is 2.06 bits per heavy atom. The summed E-state index contributed by atoms with van der Waals surface area (Å²) in [5.41, 5.74) is 0. The highest BCUT2D eigenvalue weighted by molar-refractivity contribution is 14.0. The fourth-order valence-electron chi connectivity index (χ4n) is 3.91. The molecule has 32 heavy (non-hydrogen) atoms. The van der Waals surface area contributed by atoms with E-state index in [0.717, 1.165) is 69.7 Å². The first kappa shape index (κ1) is 26.6. The monoisotopic (exact) mass is 559 g/mol. The lowest BCUT2D eigenvalue weighted by molar-refractivity contribution is 0.150. The molecule has 1 unspecified atom stereocenters. The Labute approximate surface area is 208 Å². The van der Waals surface area contributed by atoms with Gasteiger partial charge in [0, 0.05) is 39.8 Å². The molecule has 9 nitrogen and oxygen atoms in total. The maximum absolute atomic E-state index is 5.76. The van der Waals surface area contributed by atoms with Gasteiger partial charge in [0.25, 0.3) is 0 Å². The summed E-state index contributed by atoms with van der Waals surface area (Å²) in [6.45, 7) is 8.01. The molecule has 1 aliphatic heterocycles. The summed E-state index contributed by atoms with van der Waals surface area (Å²) in [6.07, 6.45) is 9.11. The Morgan fingerprint density at radius 3 is 2.78 bits per heavy atom. The second kappa shape index (κ2) is 15.2. The van der Waals surface area contributed by atoms with E-state index >= 15 is 0 Å². The number of guanidine groups is 1. The molecule has 180 valence electrons. The van der Waals surface area contributed by atoms with Crippen molar-refractivity contribution < 1.29 is 9.15 Å². The zero-order chi connectivity index (χ0) is 21.7. The summed E-state index contributed by atoms with van der Waals surface area (Å²) in [7, 11) is 1.73. The molecule has 3 rings (SSSR count). The molecule has 0 radical (unpaired) electrons. The first-order valence-corrected chi connectivity index (χ1v) is 11.5. The van der Waals surface area contributed by atoms with Gasteiger partial charge in [-0.05, 0) is 44.5 Å². The molecule has 0 aliphatic carbocycles. The first-order chi connectivity index (χ1) is 15.3. The average molecular weight is 559 g/mol. The number of hydrogen-bond donors (Lipinski definition) is 2. The van der Waals surface area contributed by atoms with Gasteiger partial charge >= 0.3 is 0 Å². The standard InChI is InChI=1S/C22H37N7O2.HI/c1-3-21-27-26-18-29(21)14-11-24-22(23-10-8-15-30-2)25-17-19(20-9-7-16-31-20)28-12-5-4-6-13-28;/h7,9,16,18-19H,3-6,8,10-15,17H2,1-2H3,(H2,23,24,25);1H. The van der Waals surface area contributed by atoms with Crippen molar-refractivity contribution in [2.45, 2.75) is 51.6 Å². The molecule has 1 fully saturated rings. The van der Waals surface area contributed by atoms with Gasteiger partial charge in [-0.3, -0.25) is 9.89 Å². The van der Waals surface area contributed by atoms with Gasteiger partial charge in [-0.15, -0.1) is 34.2 Å². The minimum absolute atomic E-state index is 0.